The highest BCUT2D eigenvalue weighted by atomic mass is 35.5. The molecule has 11 heteroatoms. The van der Waals surface area contributed by atoms with Gasteiger partial charge in [0.25, 0.3) is 5.91 Å². The predicted octanol–water partition coefficient (Wildman–Crippen LogP) is 3.30. The number of hydrogen-bond donors (Lipinski definition) is 2. The Morgan fingerprint density at radius 1 is 1.28 bits per heavy atom. The van der Waals surface area contributed by atoms with Gasteiger partial charge in [-0.2, -0.15) is 13.2 Å². The van der Waals surface area contributed by atoms with Crippen molar-refractivity contribution in [3.05, 3.63) is 58.6 Å². The molecule has 2 aromatic rings. The number of nitrogens with one attached hydrogen (secondary N) is 2. The monoisotopic (exact) mass is 424 g/mol. The van der Waals surface area contributed by atoms with Crippen LogP contribution < -0.4 is 0 Å². The highest BCUT2D eigenvalue weighted by molar-refractivity contribution is 6.34. The molecule has 29 heavy (non-hydrogen) atoms. The van der Waals surface area contributed by atoms with Crippen molar-refractivity contribution < 1.29 is 18.0 Å². The van der Waals surface area contributed by atoms with Gasteiger partial charge < -0.3 is 9.80 Å². The van der Waals surface area contributed by atoms with Crippen LogP contribution in [0.25, 0.3) is 0 Å². The van der Waals surface area contributed by atoms with Crippen molar-refractivity contribution in [3.8, 4) is 0 Å². The van der Waals surface area contributed by atoms with E-state index in [0.29, 0.717) is 0 Å². The van der Waals surface area contributed by atoms with Gasteiger partial charge in [-0.1, -0.05) is 17.7 Å². The van der Waals surface area contributed by atoms with E-state index in [1.807, 2.05) is 0 Å². The Kier molecular flexibility index (Phi) is 5.56. The minimum absolute atomic E-state index is 0.0425. The van der Waals surface area contributed by atoms with Gasteiger partial charge in [-0.15, -0.1) is 0 Å². The molecule has 1 aliphatic rings. The number of rotatable bonds is 2. The predicted molar refractivity (Wildman–Crippen MR) is 100 cm³/mol. The van der Waals surface area contributed by atoms with Gasteiger partial charge in [0, 0.05) is 25.5 Å². The van der Waals surface area contributed by atoms with Crippen LogP contribution in [0, 0.1) is 10.8 Å². The Morgan fingerprint density at radius 3 is 2.62 bits per heavy atom. The number of piperazine rings is 1. The SMILES string of the molecule is CC1C(=N)N(C(=N)c2cnccn2)CCN1C(=O)c1cccc(C(F)(F)F)c1Cl. The zero-order valence-electron chi connectivity index (χ0n) is 15.2. The minimum Gasteiger partial charge on any atom is -0.327 e. The van der Waals surface area contributed by atoms with Crippen molar-refractivity contribution in [1.29, 1.82) is 10.8 Å². The maximum absolute atomic E-state index is 13.1. The zero-order chi connectivity index (χ0) is 21.3. The van der Waals surface area contributed by atoms with Crippen LogP contribution in [0.1, 0.15) is 28.5 Å². The van der Waals surface area contributed by atoms with E-state index in [2.05, 4.69) is 9.97 Å². The van der Waals surface area contributed by atoms with E-state index in [4.69, 9.17) is 22.4 Å². The summed E-state index contributed by atoms with van der Waals surface area (Å²) in [6.07, 6.45) is -0.414. The Morgan fingerprint density at radius 2 is 2.00 bits per heavy atom. The smallest absolute Gasteiger partial charge is 0.327 e. The summed E-state index contributed by atoms with van der Waals surface area (Å²) in [5.41, 5.74) is -1.10. The first-order chi connectivity index (χ1) is 13.6. The third kappa shape index (κ3) is 3.93. The van der Waals surface area contributed by atoms with Crippen molar-refractivity contribution >= 4 is 29.2 Å². The Hall–Kier alpha value is -3.01. The molecule has 1 aliphatic heterocycles. The van der Waals surface area contributed by atoms with Gasteiger partial charge in [-0.25, -0.2) is 4.98 Å². The fraction of sp³-hybridized carbons (Fsp3) is 0.278. The van der Waals surface area contributed by atoms with Crippen molar-refractivity contribution in [3.63, 3.8) is 0 Å². The second kappa shape index (κ2) is 7.78. The van der Waals surface area contributed by atoms with E-state index in [1.54, 1.807) is 6.92 Å². The molecule has 2 N–H and O–H groups in total. The van der Waals surface area contributed by atoms with Gasteiger partial charge in [-0.3, -0.25) is 20.6 Å². The topological polar surface area (TPSA) is 97.0 Å². The van der Waals surface area contributed by atoms with Gasteiger partial charge in [-0.05, 0) is 19.1 Å². The van der Waals surface area contributed by atoms with Crippen LogP contribution in [-0.2, 0) is 6.18 Å². The number of aromatic nitrogens is 2. The highest BCUT2D eigenvalue weighted by Gasteiger charge is 2.38. The second-order valence-electron chi connectivity index (χ2n) is 6.32. The zero-order valence-corrected chi connectivity index (χ0v) is 15.9. The number of halogens is 4. The maximum Gasteiger partial charge on any atom is 0.417 e. The average Bonchev–Trinajstić information content (AvgIpc) is 2.69. The first-order valence-corrected chi connectivity index (χ1v) is 8.88. The Balaban J connectivity index is 1.83. The fourth-order valence-electron chi connectivity index (χ4n) is 3.04. The van der Waals surface area contributed by atoms with Crippen LogP contribution in [0.5, 0.6) is 0 Å². The largest absolute Gasteiger partial charge is 0.417 e. The molecule has 3 rings (SSSR count). The summed E-state index contributed by atoms with van der Waals surface area (Å²) < 4.78 is 39.3. The van der Waals surface area contributed by atoms with E-state index < -0.39 is 28.7 Å². The number of alkyl halides is 3. The van der Waals surface area contributed by atoms with Gasteiger partial charge in [0.15, 0.2) is 5.84 Å². The fourth-order valence-corrected chi connectivity index (χ4v) is 3.35. The lowest BCUT2D eigenvalue weighted by molar-refractivity contribution is -0.137. The lowest BCUT2D eigenvalue weighted by atomic mass is 10.1. The standard InChI is InChI=1S/C18H16ClF3N6O/c1-10-15(23)28(16(24)13-9-25-5-6-26-13)8-7-27(10)17(29)11-3-2-4-12(14(11)19)18(20,21)22/h2-6,9-10,23-24H,7-8H2,1H3. The molecule has 0 bridgehead atoms. The van der Waals surface area contributed by atoms with Crippen LogP contribution in [0.15, 0.2) is 36.8 Å². The van der Waals surface area contributed by atoms with E-state index in [1.165, 1.54) is 34.5 Å². The molecule has 0 radical (unpaired) electrons. The average molecular weight is 425 g/mol. The quantitative estimate of drug-likeness (QED) is 0.571. The number of carbonyl (C=O) groups excluding carboxylic acids is 1. The molecular formula is C18H16ClF3N6O. The number of carbonyl (C=O) groups is 1. The summed E-state index contributed by atoms with van der Waals surface area (Å²) in [4.78, 5) is 23.5. The molecule has 1 atom stereocenters. The molecule has 1 aromatic carbocycles. The lowest BCUT2D eigenvalue weighted by Crippen LogP contribution is -2.58. The molecule has 1 saturated heterocycles. The summed E-state index contributed by atoms with van der Waals surface area (Å²) >= 11 is 5.87. The molecule has 7 nitrogen and oxygen atoms in total. The molecule has 0 aliphatic carbocycles. The number of amidine groups is 2. The lowest BCUT2D eigenvalue weighted by Gasteiger charge is -2.41. The second-order valence-corrected chi connectivity index (χ2v) is 6.69. The summed E-state index contributed by atoms with van der Waals surface area (Å²) in [6, 6.07) is 2.38. The van der Waals surface area contributed by atoms with Crippen LogP contribution >= 0.6 is 11.6 Å². The first-order valence-electron chi connectivity index (χ1n) is 8.50. The van der Waals surface area contributed by atoms with Crippen molar-refractivity contribution in [2.45, 2.75) is 19.1 Å². The van der Waals surface area contributed by atoms with Crippen molar-refractivity contribution in [1.82, 2.24) is 19.8 Å². The third-order valence-electron chi connectivity index (χ3n) is 4.59. The molecule has 1 amide bonds. The van der Waals surface area contributed by atoms with Gasteiger partial charge in [0.1, 0.15) is 11.5 Å². The first kappa shape index (κ1) is 20.7. The summed E-state index contributed by atoms with van der Waals surface area (Å²) in [6.45, 7) is 1.77. The normalized spacial score (nSPS) is 17.4. The van der Waals surface area contributed by atoms with Gasteiger partial charge in [0.05, 0.1) is 28.4 Å². The minimum atomic E-state index is -4.68. The molecule has 1 fully saturated rings. The summed E-state index contributed by atoms with van der Waals surface area (Å²) in [5, 5.41) is 15.9. The van der Waals surface area contributed by atoms with Gasteiger partial charge >= 0.3 is 6.18 Å². The number of hydrogen-bond acceptors (Lipinski definition) is 5. The third-order valence-corrected chi connectivity index (χ3v) is 5.00. The van der Waals surface area contributed by atoms with Crippen molar-refractivity contribution in [2.24, 2.45) is 0 Å². The molecule has 152 valence electrons. The molecule has 1 unspecified atom stereocenters. The Bertz CT molecular complexity index is 966. The van der Waals surface area contributed by atoms with E-state index >= 15 is 0 Å². The number of benzene rings is 1. The van der Waals surface area contributed by atoms with E-state index in [0.717, 1.165) is 12.1 Å². The molecular weight excluding hydrogens is 409 g/mol. The van der Waals surface area contributed by atoms with E-state index in [9.17, 15) is 18.0 Å². The van der Waals surface area contributed by atoms with Crippen LogP contribution in [0.2, 0.25) is 5.02 Å². The molecule has 2 heterocycles. The Labute approximate surface area is 169 Å². The van der Waals surface area contributed by atoms with Crippen molar-refractivity contribution in [2.75, 3.05) is 13.1 Å². The number of amides is 1. The van der Waals surface area contributed by atoms with Crippen LogP contribution in [0.3, 0.4) is 0 Å². The highest BCUT2D eigenvalue weighted by Crippen LogP contribution is 2.36. The molecule has 0 saturated carbocycles. The maximum atomic E-state index is 13.1. The van der Waals surface area contributed by atoms with Crippen LogP contribution in [-0.4, -0.2) is 56.5 Å². The number of nitrogens with zero attached hydrogens (tertiary/aromatic N) is 4. The summed E-state index contributed by atoms with van der Waals surface area (Å²) in [5.74, 6) is -0.800. The van der Waals surface area contributed by atoms with Crippen LogP contribution in [0.4, 0.5) is 13.2 Å². The van der Waals surface area contributed by atoms with Gasteiger partial charge in [0.2, 0.25) is 0 Å². The molecule has 1 aromatic heterocycles. The molecule has 0 spiro atoms. The van der Waals surface area contributed by atoms with E-state index in [-0.39, 0.29) is 36.0 Å². The summed E-state index contributed by atoms with van der Waals surface area (Å²) in [7, 11) is 0.